The van der Waals surface area contributed by atoms with Gasteiger partial charge in [0.05, 0.1) is 10.6 Å². The van der Waals surface area contributed by atoms with Crippen LogP contribution in [0.1, 0.15) is 6.92 Å². The molecule has 3 rings (SSSR count). The summed E-state index contributed by atoms with van der Waals surface area (Å²) in [5.41, 5.74) is 1.41. The Bertz CT molecular complexity index is 1180. The smallest absolute Gasteiger partial charge is 0.319 e. The van der Waals surface area contributed by atoms with Crippen molar-refractivity contribution in [2.24, 2.45) is 0 Å². The van der Waals surface area contributed by atoms with Gasteiger partial charge in [0.15, 0.2) is 0 Å². The molecule has 1 unspecified atom stereocenters. The van der Waals surface area contributed by atoms with Gasteiger partial charge < -0.3 is 16.0 Å². The second-order valence-corrected chi connectivity index (χ2v) is 8.98. The zero-order valence-electron chi connectivity index (χ0n) is 17.6. The molecule has 8 nitrogen and oxygen atoms in total. The molecule has 0 aliphatic carbocycles. The van der Waals surface area contributed by atoms with E-state index in [2.05, 4.69) is 16.0 Å². The van der Waals surface area contributed by atoms with Crippen LogP contribution < -0.4 is 20.3 Å². The van der Waals surface area contributed by atoms with Gasteiger partial charge in [0, 0.05) is 18.4 Å². The predicted octanol–water partition coefficient (Wildman–Crippen LogP) is 3.66. The zero-order chi connectivity index (χ0) is 23.1. The first-order valence-corrected chi connectivity index (χ1v) is 11.3. The highest BCUT2D eigenvalue weighted by atomic mass is 32.2. The molecular formula is C23H24N4O4S. The number of benzene rings is 3. The molecule has 1 atom stereocenters. The number of urea groups is 1. The number of nitrogens with one attached hydrogen (secondary N) is 3. The zero-order valence-corrected chi connectivity index (χ0v) is 18.5. The average molecular weight is 453 g/mol. The van der Waals surface area contributed by atoms with Crippen molar-refractivity contribution in [1.82, 2.24) is 5.32 Å². The van der Waals surface area contributed by atoms with Gasteiger partial charge in [-0.1, -0.05) is 42.5 Å². The van der Waals surface area contributed by atoms with E-state index >= 15 is 0 Å². The van der Waals surface area contributed by atoms with Crippen molar-refractivity contribution in [3.05, 3.63) is 84.9 Å². The molecule has 0 bridgehead atoms. The molecule has 0 radical (unpaired) electrons. The lowest BCUT2D eigenvalue weighted by Crippen LogP contribution is -2.43. The Morgan fingerprint density at radius 3 is 2.06 bits per heavy atom. The second-order valence-electron chi connectivity index (χ2n) is 7.01. The molecule has 0 fully saturated rings. The summed E-state index contributed by atoms with van der Waals surface area (Å²) in [6, 6.07) is 22.1. The number of carbonyl (C=O) groups excluding carboxylic acids is 2. The van der Waals surface area contributed by atoms with Crippen molar-refractivity contribution in [2.45, 2.75) is 17.9 Å². The van der Waals surface area contributed by atoms with E-state index in [-0.39, 0.29) is 4.90 Å². The maximum absolute atomic E-state index is 13.0. The van der Waals surface area contributed by atoms with Gasteiger partial charge in [-0.25, -0.2) is 13.2 Å². The lowest BCUT2D eigenvalue weighted by Gasteiger charge is -2.20. The van der Waals surface area contributed by atoms with E-state index in [1.165, 1.54) is 30.4 Å². The molecule has 3 aromatic carbocycles. The predicted molar refractivity (Wildman–Crippen MR) is 125 cm³/mol. The highest BCUT2D eigenvalue weighted by Gasteiger charge is 2.22. The first-order valence-electron chi connectivity index (χ1n) is 9.85. The van der Waals surface area contributed by atoms with Crippen LogP contribution in [-0.4, -0.2) is 33.4 Å². The van der Waals surface area contributed by atoms with E-state index in [1.54, 1.807) is 66.7 Å². The molecule has 0 saturated heterocycles. The summed E-state index contributed by atoms with van der Waals surface area (Å²) in [7, 11) is -2.36. The van der Waals surface area contributed by atoms with Crippen LogP contribution in [0.5, 0.6) is 0 Å². The third kappa shape index (κ3) is 5.64. The number of anilines is 3. The average Bonchev–Trinajstić information content (AvgIpc) is 2.79. The van der Waals surface area contributed by atoms with Crippen LogP contribution in [-0.2, 0) is 14.8 Å². The Kier molecular flexibility index (Phi) is 7.11. The highest BCUT2D eigenvalue weighted by Crippen LogP contribution is 2.23. The maximum atomic E-state index is 13.0. The Morgan fingerprint density at radius 1 is 0.812 bits per heavy atom. The van der Waals surface area contributed by atoms with Crippen LogP contribution in [0.3, 0.4) is 0 Å². The Balaban J connectivity index is 1.66. The molecule has 0 spiro atoms. The van der Waals surface area contributed by atoms with Crippen LogP contribution in [0.15, 0.2) is 89.8 Å². The lowest BCUT2D eigenvalue weighted by atomic mass is 10.2. The molecule has 3 aromatic rings. The van der Waals surface area contributed by atoms with Gasteiger partial charge >= 0.3 is 6.03 Å². The summed E-state index contributed by atoms with van der Waals surface area (Å²) in [4.78, 5) is 24.6. The van der Waals surface area contributed by atoms with Gasteiger partial charge in [-0.05, 0) is 49.4 Å². The van der Waals surface area contributed by atoms with E-state index in [9.17, 15) is 18.0 Å². The summed E-state index contributed by atoms with van der Waals surface area (Å²) in [5, 5.41) is 7.82. The maximum Gasteiger partial charge on any atom is 0.319 e. The molecule has 0 aromatic heterocycles. The summed E-state index contributed by atoms with van der Waals surface area (Å²) in [6.45, 7) is 1.53. The number of para-hydroxylation sites is 2. The minimum absolute atomic E-state index is 0.0316. The topological polar surface area (TPSA) is 108 Å². The Morgan fingerprint density at radius 2 is 1.41 bits per heavy atom. The number of rotatable bonds is 7. The molecule has 0 heterocycles. The largest absolute Gasteiger partial charge is 0.326 e. The SMILES string of the molecule is CC(NC(=O)Nc1ccccc1)C(=O)Nc1cccc(S(=O)(=O)N(C)c2ccccc2)c1. The van der Waals surface area contributed by atoms with Gasteiger partial charge in [0.2, 0.25) is 5.91 Å². The van der Waals surface area contributed by atoms with Crippen LogP contribution in [0.25, 0.3) is 0 Å². The van der Waals surface area contributed by atoms with Crippen molar-refractivity contribution in [3.8, 4) is 0 Å². The normalized spacial score (nSPS) is 11.8. The molecule has 166 valence electrons. The van der Waals surface area contributed by atoms with Crippen molar-refractivity contribution < 1.29 is 18.0 Å². The molecular weight excluding hydrogens is 428 g/mol. The van der Waals surface area contributed by atoms with Crippen molar-refractivity contribution in [2.75, 3.05) is 22.0 Å². The Labute approximate surface area is 187 Å². The first-order chi connectivity index (χ1) is 15.3. The fraction of sp³-hybridized carbons (Fsp3) is 0.130. The molecule has 0 aliphatic rings. The number of amides is 3. The number of carbonyl (C=O) groups is 2. The van der Waals surface area contributed by atoms with E-state index in [0.29, 0.717) is 17.1 Å². The van der Waals surface area contributed by atoms with Gasteiger partial charge in [0.1, 0.15) is 6.04 Å². The highest BCUT2D eigenvalue weighted by molar-refractivity contribution is 7.92. The summed E-state index contributed by atoms with van der Waals surface area (Å²) < 4.78 is 27.1. The monoisotopic (exact) mass is 452 g/mol. The van der Waals surface area contributed by atoms with Crippen molar-refractivity contribution >= 4 is 39.0 Å². The van der Waals surface area contributed by atoms with Gasteiger partial charge in [-0.2, -0.15) is 0 Å². The molecule has 3 amide bonds. The van der Waals surface area contributed by atoms with Crippen molar-refractivity contribution in [3.63, 3.8) is 0 Å². The van der Waals surface area contributed by atoms with E-state index < -0.39 is 28.0 Å². The quantitative estimate of drug-likeness (QED) is 0.508. The fourth-order valence-corrected chi connectivity index (χ4v) is 4.11. The second kappa shape index (κ2) is 9.97. The van der Waals surface area contributed by atoms with Gasteiger partial charge in [-0.3, -0.25) is 9.10 Å². The van der Waals surface area contributed by atoms with Crippen molar-refractivity contribution in [1.29, 1.82) is 0 Å². The summed E-state index contributed by atoms with van der Waals surface area (Å²) in [6.07, 6.45) is 0. The number of hydrogen-bond acceptors (Lipinski definition) is 4. The van der Waals surface area contributed by atoms with E-state index in [1.807, 2.05) is 6.07 Å². The molecule has 0 aliphatic heterocycles. The van der Waals surface area contributed by atoms with Crippen LogP contribution in [0, 0.1) is 0 Å². The summed E-state index contributed by atoms with van der Waals surface area (Å²) in [5.74, 6) is -0.487. The van der Waals surface area contributed by atoms with Gasteiger partial charge in [-0.15, -0.1) is 0 Å². The summed E-state index contributed by atoms with van der Waals surface area (Å²) >= 11 is 0. The Hall–Kier alpha value is -3.85. The molecule has 9 heteroatoms. The number of sulfonamides is 1. The van der Waals surface area contributed by atoms with Crippen LogP contribution in [0.4, 0.5) is 21.9 Å². The third-order valence-electron chi connectivity index (χ3n) is 4.65. The van der Waals surface area contributed by atoms with Gasteiger partial charge in [0.25, 0.3) is 10.0 Å². The molecule has 3 N–H and O–H groups in total. The third-order valence-corrected chi connectivity index (χ3v) is 6.43. The van der Waals surface area contributed by atoms with E-state index in [0.717, 1.165) is 0 Å². The lowest BCUT2D eigenvalue weighted by molar-refractivity contribution is -0.117. The fourth-order valence-electron chi connectivity index (χ4n) is 2.87. The van der Waals surface area contributed by atoms with Crippen LogP contribution in [0.2, 0.25) is 0 Å². The molecule has 32 heavy (non-hydrogen) atoms. The van der Waals surface area contributed by atoms with Crippen LogP contribution >= 0.6 is 0 Å². The van der Waals surface area contributed by atoms with E-state index in [4.69, 9.17) is 0 Å². The number of nitrogens with zero attached hydrogens (tertiary/aromatic N) is 1. The minimum Gasteiger partial charge on any atom is -0.326 e. The minimum atomic E-state index is -3.82. The first kappa shape index (κ1) is 22.8. The number of hydrogen-bond donors (Lipinski definition) is 3. The standard InChI is InChI=1S/C23H24N4O4S/c1-17(24-23(29)26-18-10-5-3-6-11-18)22(28)25-19-12-9-15-21(16-19)32(30,31)27(2)20-13-7-4-8-14-20/h3-17H,1-2H3,(H,25,28)(H2,24,26,29). The molecule has 0 saturated carbocycles.